The maximum absolute atomic E-state index is 11.2. The van der Waals surface area contributed by atoms with Crippen LogP contribution in [0.25, 0.3) is 0 Å². The molecule has 12 heteroatoms. The number of aryl methyl sites for hydroxylation is 1. The standard InChI is InChI=1S/C14H19N5O5S2/c1-25(20,21)16-7-3-6-12-17-13(19-14(15)18-12)9-10-4-2-5-11(8-10)26(22,23)24/h2,4-5,8,16H,3,6-7,9H2,1H3,(H,22,23,24)(H2,15,17,18,19). The van der Waals surface area contributed by atoms with E-state index in [1.165, 1.54) is 18.2 Å². The zero-order chi connectivity index (χ0) is 19.4. The number of rotatable bonds is 8. The van der Waals surface area contributed by atoms with E-state index in [4.69, 9.17) is 10.3 Å². The summed E-state index contributed by atoms with van der Waals surface area (Å²) in [4.78, 5) is 12.1. The number of nitrogens with two attached hydrogens (primary N) is 1. The summed E-state index contributed by atoms with van der Waals surface area (Å²) < 4.78 is 55.9. The fourth-order valence-corrected chi connectivity index (χ4v) is 3.25. The van der Waals surface area contributed by atoms with Gasteiger partial charge in [-0.05, 0) is 24.1 Å². The number of sulfonamides is 1. The number of nitrogens with one attached hydrogen (secondary N) is 1. The van der Waals surface area contributed by atoms with Crippen molar-refractivity contribution in [2.24, 2.45) is 0 Å². The molecule has 26 heavy (non-hydrogen) atoms. The van der Waals surface area contributed by atoms with Crippen LogP contribution in [0.15, 0.2) is 29.2 Å². The van der Waals surface area contributed by atoms with Crippen molar-refractivity contribution in [2.75, 3.05) is 18.5 Å². The number of nitrogen functional groups attached to an aromatic ring is 1. The monoisotopic (exact) mass is 401 g/mol. The van der Waals surface area contributed by atoms with Gasteiger partial charge in [0.15, 0.2) is 0 Å². The molecule has 0 aliphatic rings. The zero-order valence-electron chi connectivity index (χ0n) is 14.0. The highest BCUT2D eigenvalue weighted by Gasteiger charge is 2.11. The van der Waals surface area contributed by atoms with E-state index in [1.54, 1.807) is 6.07 Å². The lowest BCUT2D eigenvalue weighted by atomic mass is 10.1. The topological polar surface area (TPSA) is 165 Å². The van der Waals surface area contributed by atoms with Crippen molar-refractivity contribution in [2.45, 2.75) is 24.2 Å². The molecule has 142 valence electrons. The van der Waals surface area contributed by atoms with Gasteiger partial charge in [-0.15, -0.1) is 0 Å². The fourth-order valence-electron chi connectivity index (χ4n) is 2.18. The van der Waals surface area contributed by atoms with Gasteiger partial charge in [-0.1, -0.05) is 12.1 Å². The Bertz CT molecular complexity index is 993. The number of hydrogen-bond donors (Lipinski definition) is 3. The van der Waals surface area contributed by atoms with Crippen molar-refractivity contribution in [3.05, 3.63) is 41.5 Å². The van der Waals surface area contributed by atoms with Crippen molar-refractivity contribution in [3.8, 4) is 0 Å². The molecule has 2 aromatic rings. The number of benzene rings is 1. The second-order valence-electron chi connectivity index (χ2n) is 5.60. The Morgan fingerprint density at radius 3 is 2.46 bits per heavy atom. The van der Waals surface area contributed by atoms with Crippen LogP contribution in [0.4, 0.5) is 5.95 Å². The Hall–Kier alpha value is -2.15. The van der Waals surface area contributed by atoms with E-state index in [-0.39, 0.29) is 23.8 Å². The molecule has 1 aromatic heterocycles. The van der Waals surface area contributed by atoms with Crippen LogP contribution in [0.5, 0.6) is 0 Å². The molecule has 1 aromatic carbocycles. The smallest absolute Gasteiger partial charge is 0.294 e. The number of hydrogen-bond acceptors (Lipinski definition) is 8. The molecule has 0 aliphatic heterocycles. The van der Waals surface area contributed by atoms with Gasteiger partial charge in [0.2, 0.25) is 16.0 Å². The highest BCUT2D eigenvalue weighted by Crippen LogP contribution is 2.14. The summed E-state index contributed by atoms with van der Waals surface area (Å²) in [5.41, 5.74) is 6.26. The second-order valence-corrected chi connectivity index (χ2v) is 8.85. The SMILES string of the molecule is CS(=O)(=O)NCCCc1nc(N)nc(Cc2cccc(S(=O)(=O)O)c2)n1. The largest absolute Gasteiger partial charge is 0.368 e. The van der Waals surface area contributed by atoms with Crippen LogP contribution in [-0.2, 0) is 33.0 Å². The molecule has 0 unspecified atom stereocenters. The average molecular weight is 401 g/mol. The van der Waals surface area contributed by atoms with Gasteiger partial charge in [-0.25, -0.2) is 18.1 Å². The third-order valence-electron chi connectivity index (χ3n) is 3.25. The number of anilines is 1. The van der Waals surface area contributed by atoms with Gasteiger partial charge in [0.05, 0.1) is 11.2 Å². The minimum atomic E-state index is -4.29. The van der Waals surface area contributed by atoms with Gasteiger partial charge >= 0.3 is 0 Å². The van der Waals surface area contributed by atoms with E-state index in [0.717, 1.165) is 6.26 Å². The minimum Gasteiger partial charge on any atom is -0.368 e. The molecule has 10 nitrogen and oxygen atoms in total. The van der Waals surface area contributed by atoms with Gasteiger partial charge in [0.25, 0.3) is 10.1 Å². The molecule has 0 fully saturated rings. The van der Waals surface area contributed by atoms with E-state index in [9.17, 15) is 16.8 Å². The molecule has 0 spiro atoms. The molecule has 4 N–H and O–H groups in total. The molecule has 0 bridgehead atoms. The Morgan fingerprint density at radius 2 is 1.81 bits per heavy atom. The van der Waals surface area contributed by atoms with E-state index < -0.39 is 20.1 Å². The molecule has 0 amide bonds. The van der Waals surface area contributed by atoms with Gasteiger partial charge in [0, 0.05) is 19.4 Å². The first-order valence-corrected chi connectivity index (χ1v) is 10.9. The third-order valence-corrected chi connectivity index (χ3v) is 4.82. The lowest BCUT2D eigenvalue weighted by Crippen LogP contribution is -2.23. The van der Waals surface area contributed by atoms with Gasteiger partial charge in [-0.3, -0.25) is 4.55 Å². The highest BCUT2D eigenvalue weighted by molar-refractivity contribution is 7.88. The quantitative estimate of drug-likeness (QED) is 0.400. The third kappa shape index (κ3) is 6.63. The van der Waals surface area contributed by atoms with Crippen LogP contribution in [0.1, 0.15) is 23.6 Å². The second kappa shape index (κ2) is 8.03. The molecular formula is C14H19N5O5S2. The minimum absolute atomic E-state index is 0.0204. The first kappa shape index (κ1) is 20.2. The Kier molecular flexibility index (Phi) is 6.23. The molecule has 0 atom stereocenters. The van der Waals surface area contributed by atoms with Crippen molar-refractivity contribution < 1.29 is 21.4 Å². The number of aromatic nitrogens is 3. The first-order valence-electron chi connectivity index (χ1n) is 7.53. The molecule has 0 saturated carbocycles. The van der Waals surface area contributed by atoms with Crippen LogP contribution >= 0.6 is 0 Å². The maximum atomic E-state index is 11.2. The van der Waals surface area contributed by atoms with Crippen molar-refractivity contribution in [1.82, 2.24) is 19.7 Å². The van der Waals surface area contributed by atoms with E-state index >= 15 is 0 Å². The summed E-state index contributed by atoms with van der Waals surface area (Å²) in [5, 5.41) is 0. The van der Waals surface area contributed by atoms with Crippen molar-refractivity contribution in [3.63, 3.8) is 0 Å². The van der Waals surface area contributed by atoms with Crippen LogP contribution in [0.3, 0.4) is 0 Å². The van der Waals surface area contributed by atoms with E-state index in [0.29, 0.717) is 30.1 Å². The van der Waals surface area contributed by atoms with Crippen molar-refractivity contribution >= 4 is 26.1 Å². The zero-order valence-corrected chi connectivity index (χ0v) is 15.6. The summed E-state index contributed by atoms with van der Waals surface area (Å²) in [7, 11) is -7.54. The lowest BCUT2D eigenvalue weighted by molar-refractivity contribution is 0.483. The predicted molar refractivity (Wildman–Crippen MR) is 94.5 cm³/mol. The summed E-state index contributed by atoms with van der Waals surface area (Å²) in [6.07, 6.45) is 2.15. The van der Waals surface area contributed by atoms with Crippen LogP contribution in [-0.4, -0.2) is 49.1 Å². The summed E-state index contributed by atoms with van der Waals surface area (Å²) >= 11 is 0. The molecule has 1 heterocycles. The van der Waals surface area contributed by atoms with Crippen LogP contribution in [0, 0.1) is 0 Å². The van der Waals surface area contributed by atoms with Crippen LogP contribution < -0.4 is 10.5 Å². The molecule has 0 radical (unpaired) electrons. The molecule has 0 saturated heterocycles. The van der Waals surface area contributed by atoms with Crippen molar-refractivity contribution in [1.29, 1.82) is 0 Å². The van der Waals surface area contributed by atoms with Gasteiger partial charge in [0.1, 0.15) is 11.6 Å². The Balaban J connectivity index is 2.10. The fraction of sp³-hybridized carbons (Fsp3) is 0.357. The van der Waals surface area contributed by atoms with E-state index in [1.807, 2.05) is 0 Å². The molecular weight excluding hydrogens is 382 g/mol. The average Bonchev–Trinajstić information content (AvgIpc) is 2.50. The first-order chi connectivity index (χ1) is 12.0. The predicted octanol–water partition coefficient (Wildman–Crippen LogP) is -0.227. The number of nitrogens with zero attached hydrogens (tertiary/aromatic N) is 3. The summed E-state index contributed by atoms with van der Waals surface area (Å²) in [6.45, 7) is 0.246. The van der Waals surface area contributed by atoms with Crippen LogP contribution in [0.2, 0.25) is 0 Å². The molecule has 0 aliphatic carbocycles. The maximum Gasteiger partial charge on any atom is 0.294 e. The Labute approximate surface area is 151 Å². The highest BCUT2D eigenvalue weighted by atomic mass is 32.2. The molecule has 2 rings (SSSR count). The van der Waals surface area contributed by atoms with Gasteiger partial charge in [-0.2, -0.15) is 18.4 Å². The lowest BCUT2D eigenvalue weighted by Gasteiger charge is -2.06. The summed E-state index contributed by atoms with van der Waals surface area (Å²) in [6, 6.07) is 5.77. The normalized spacial score (nSPS) is 12.2. The Morgan fingerprint density at radius 1 is 1.12 bits per heavy atom. The van der Waals surface area contributed by atoms with E-state index in [2.05, 4.69) is 19.7 Å². The van der Waals surface area contributed by atoms with Gasteiger partial charge < -0.3 is 5.73 Å². The summed E-state index contributed by atoms with van der Waals surface area (Å²) in [5.74, 6) is 0.775.